The number of hydrogen-bond donors (Lipinski definition) is 0. The number of benzene rings is 1. The Bertz CT molecular complexity index is 606. The molecule has 2 aromatic rings. The lowest BCUT2D eigenvalue weighted by molar-refractivity contribution is -0.385. The van der Waals surface area contributed by atoms with Crippen LogP contribution in [0.15, 0.2) is 47.6 Å². The highest BCUT2D eigenvalue weighted by molar-refractivity contribution is 7.98. The number of halogens is 1. The average Bonchev–Trinajstić information content (AvgIpc) is 2.45. The summed E-state index contributed by atoms with van der Waals surface area (Å²) < 4.78 is 0. The molecule has 7 heteroatoms. The van der Waals surface area contributed by atoms with Gasteiger partial charge in [0, 0.05) is 23.6 Å². The van der Waals surface area contributed by atoms with Crippen LogP contribution in [0.25, 0.3) is 0 Å². The second kappa shape index (κ2) is 6.49. The maximum absolute atomic E-state index is 11.3. The molecule has 0 fully saturated rings. The van der Waals surface area contributed by atoms with Crippen LogP contribution in [0.4, 0.5) is 5.69 Å². The molecule has 0 saturated heterocycles. The molecule has 1 aromatic carbocycles. The molecule has 0 N–H and O–H groups in total. The van der Waals surface area contributed by atoms with Crippen molar-refractivity contribution in [3.05, 3.63) is 63.8 Å². The Morgan fingerprint density at radius 3 is 2.75 bits per heavy atom. The molecule has 0 bridgehead atoms. The van der Waals surface area contributed by atoms with E-state index in [9.17, 15) is 14.9 Å². The van der Waals surface area contributed by atoms with E-state index in [-0.39, 0.29) is 5.69 Å². The predicted octanol–water partition coefficient (Wildman–Crippen LogP) is 3.66. The molecular formula is C13H9ClN2O3S. The van der Waals surface area contributed by atoms with E-state index in [1.165, 1.54) is 17.8 Å². The molecule has 0 aliphatic heterocycles. The van der Waals surface area contributed by atoms with Crippen LogP contribution in [0.2, 0.25) is 0 Å². The zero-order valence-electron chi connectivity index (χ0n) is 10.2. The summed E-state index contributed by atoms with van der Waals surface area (Å²) in [5.74, 6) is 0.339. The zero-order valence-corrected chi connectivity index (χ0v) is 11.7. The topological polar surface area (TPSA) is 73.1 Å². The quantitative estimate of drug-likeness (QED) is 0.365. The van der Waals surface area contributed by atoms with Gasteiger partial charge in [-0.25, -0.2) is 4.98 Å². The van der Waals surface area contributed by atoms with Gasteiger partial charge in [-0.15, -0.1) is 11.8 Å². The van der Waals surface area contributed by atoms with Crippen LogP contribution in [0.1, 0.15) is 15.9 Å². The summed E-state index contributed by atoms with van der Waals surface area (Å²) in [6.45, 7) is 0. The van der Waals surface area contributed by atoms with Crippen LogP contribution in [-0.2, 0) is 5.75 Å². The normalized spacial score (nSPS) is 10.2. The van der Waals surface area contributed by atoms with Gasteiger partial charge < -0.3 is 0 Å². The Kier molecular flexibility index (Phi) is 4.70. The smallest absolute Gasteiger partial charge is 0.273 e. The van der Waals surface area contributed by atoms with Crippen molar-refractivity contribution in [2.45, 2.75) is 10.8 Å². The van der Waals surface area contributed by atoms with Gasteiger partial charge in [0.05, 0.1) is 10.5 Å². The molecule has 0 radical (unpaired) electrons. The second-order valence-electron chi connectivity index (χ2n) is 3.80. The lowest BCUT2D eigenvalue weighted by atomic mass is 10.2. The molecule has 0 aliphatic rings. The lowest BCUT2D eigenvalue weighted by Crippen LogP contribution is -1.97. The fraction of sp³-hybridized carbons (Fsp3) is 0.0769. The van der Waals surface area contributed by atoms with Crippen molar-refractivity contribution in [1.29, 1.82) is 0 Å². The molecule has 5 nitrogen and oxygen atoms in total. The van der Waals surface area contributed by atoms with Crippen LogP contribution in [-0.4, -0.2) is 15.1 Å². The van der Waals surface area contributed by atoms with Crippen molar-refractivity contribution in [2.75, 3.05) is 0 Å². The molecule has 0 unspecified atom stereocenters. The van der Waals surface area contributed by atoms with Crippen molar-refractivity contribution < 1.29 is 9.72 Å². The van der Waals surface area contributed by atoms with Crippen molar-refractivity contribution in [1.82, 2.24) is 4.98 Å². The van der Waals surface area contributed by atoms with Crippen LogP contribution < -0.4 is 0 Å². The van der Waals surface area contributed by atoms with E-state index >= 15 is 0 Å². The lowest BCUT2D eigenvalue weighted by Gasteiger charge is -2.05. The van der Waals surface area contributed by atoms with Crippen molar-refractivity contribution >= 4 is 34.3 Å². The average molecular weight is 309 g/mol. The molecule has 2 rings (SSSR count). The maximum Gasteiger partial charge on any atom is 0.273 e. The van der Waals surface area contributed by atoms with E-state index in [2.05, 4.69) is 4.98 Å². The van der Waals surface area contributed by atoms with Gasteiger partial charge in [0.2, 0.25) is 0 Å². The van der Waals surface area contributed by atoms with Crippen LogP contribution in [0.5, 0.6) is 0 Å². The van der Waals surface area contributed by atoms with Gasteiger partial charge in [-0.05, 0) is 23.7 Å². The number of carbonyl (C=O) groups excluding carboxylic acids is 1. The number of para-hydroxylation sites is 1. The number of nitro benzene ring substituents is 1. The number of nitrogens with zero attached hydrogens (tertiary/aromatic N) is 2. The van der Waals surface area contributed by atoms with Gasteiger partial charge in [0.1, 0.15) is 5.03 Å². The van der Waals surface area contributed by atoms with E-state index in [1.807, 2.05) is 0 Å². The van der Waals surface area contributed by atoms with Crippen molar-refractivity contribution in [3.63, 3.8) is 0 Å². The summed E-state index contributed by atoms with van der Waals surface area (Å²) in [6.07, 6.45) is 1.55. The fourth-order valence-electron chi connectivity index (χ4n) is 1.61. The summed E-state index contributed by atoms with van der Waals surface area (Å²) in [6, 6.07) is 9.66. The maximum atomic E-state index is 11.3. The summed E-state index contributed by atoms with van der Waals surface area (Å²) in [7, 11) is 0. The monoisotopic (exact) mass is 308 g/mol. The summed E-state index contributed by atoms with van der Waals surface area (Å²) in [4.78, 5) is 25.8. The highest BCUT2D eigenvalue weighted by atomic mass is 35.5. The molecule has 102 valence electrons. The van der Waals surface area contributed by atoms with E-state index in [0.717, 1.165) is 0 Å². The third kappa shape index (κ3) is 3.34. The Labute approximate surface area is 124 Å². The molecule has 0 spiro atoms. The SMILES string of the molecule is O=C(Cl)c1cccnc1SCc1ccccc1[N+](=O)[O-]. The third-order valence-corrected chi connectivity index (χ3v) is 3.79. The molecule has 20 heavy (non-hydrogen) atoms. The first-order valence-corrected chi connectivity index (χ1v) is 6.96. The largest absolute Gasteiger partial charge is 0.276 e. The van der Waals surface area contributed by atoms with Crippen molar-refractivity contribution in [3.8, 4) is 0 Å². The molecule has 0 aliphatic carbocycles. The first-order valence-electron chi connectivity index (χ1n) is 5.59. The minimum atomic E-state index is -0.594. The summed E-state index contributed by atoms with van der Waals surface area (Å²) in [5.41, 5.74) is 0.925. The Hall–Kier alpha value is -1.92. The number of pyridine rings is 1. The summed E-state index contributed by atoms with van der Waals surface area (Å²) >= 11 is 6.71. The highest BCUT2D eigenvalue weighted by Gasteiger charge is 2.15. The standard InChI is InChI=1S/C13H9ClN2O3S/c14-12(17)10-5-3-7-15-13(10)20-8-9-4-1-2-6-11(9)16(18)19/h1-7H,8H2. The van der Waals surface area contributed by atoms with E-state index in [4.69, 9.17) is 11.6 Å². The Balaban J connectivity index is 2.22. The molecule has 1 heterocycles. The summed E-state index contributed by atoms with van der Waals surface area (Å²) in [5, 5.41) is 10.8. The number of thioether (sulfide) groups is 1. The number of aromatic nitrogens is 1. The van der Waals surface area contributed by atoms with Crippen LogP contribution >= 0.6 is 23.4 Å². The number of carbonyl (C=O) groups is 1. The first kappa shape index (κ1) is 14.5. The molecular weight excluding hydrogens is 300 g/mol. The second-order valence-corrected chi connectivity index (χ2v) is 5.11. The van der Waals surface area contributed by atoms with E-state index in [1.54, 1.807) is 36.5 Å². The highest BCUT2D eigenvalue weighted by Crippen LogP contribution is 2.29. The van der Waals surface area contributed by atoms with Gasteiger partial charge in [0.25, 0.3) is 10.9 Å². The number of hydrogen-bond acceptors (Lipinski definition) is 5. The Morgan fingerprint density at radius 1 is 1.30 bits per heavy atom. The third-order valence-electron chi connectivity index (χ3n) is 2.54. The van der Waals surface area contributed by atoms with Crippen molar-refractivity contribution in [2.24, 2.45) is 0 Å². The molecule has 1 aromatic heterocycles. The van der Waals surface area contributed by atoms with Gasteiger partial charge in [0.15, 0.2) is 0 Å². The minimum absolute atomic E-state index is 0.0506. The van der Waals surface area contributed by atoms with Gasteiger partial charge >= 0.3 is 0 Å². The number of nitro groups is 1. The van der Waals surface area contributed by atoms with Gasteiger partial charge in [-0.2, -0.15) is 0 Å². The molecule has 0 atom stereocenters. The van der Waals surface area contributed by atoms with Gasteiger partial charge in [-0.1, -0.05) is 18.2 Å². The van der Waals surface area contributed by atoms with Gasteiger partial charge in [-0.3, -0.25) is 14.9 Å². The van der Waals surface area contributed by atoms with E-state index < -0.39 is 10.2 Å². The minimum Gasteiger partial charge on any atom is -0.276 e. The molecule has 0 amide bonds. The van der Waals surface area contributed by atoms with Crippen LogP contribution in [0, 0.1) is 10.1 Å². The molecule has 0 saturated carbocycles. The Morgan fingerprint density at radius 2 is 2.05 bits per heavy atom. The number of rotatable bonds is 5. The zero-order chi connectivity index (χ0) is 14.5. The predicted molar refractivity (Wildman–Crippen MR) is 77.1 cm³/mol. The first-order chi connectivity index (χ1) is 9.59. The fourth-order valence-corrected chi connectivity index (χ4v) is 2.81. The van der Waals surface area contributed by atoms with E-state index in [0.29, 0.717) is 21.9 Å². The van der Waals surface area contributed by atoms with Crippen LogP contribution in [0.3, 0.4) is 0 Å².